The SMILES string of the molecule is OCCCCN1CCC(OCc2ccccc2)CC1. The topological polar surface area (TPSA) is 32.7 Å². The molecule has 1 N–H and O–H groups in total. The number of unbranched alkanes of at least 4 members (excludes halogenated alkanes) is 1. The summed E-state index contributed by atoms with van der Waals surface area (Å²) in [4.78, 5) is 2.48. The van der Waals surface area contributed by atoms with Gasteiger partial charge in [0.05, 0.1) is 12.7 Å². The molecule has 2 rings (SSSR count). The summed E-state index contributed by atoms with van der Waals surface area (Å²) >= 11 is 0. The fourth-order valence-corrected chi connectivity index (χ4v) is 2.54. The van der Waals surface area contributed by atoms with Gasteiger partial charge < -0.3 is 14.7 Å². The van der Waals surface area contributed by atoms with E-state index in [1.54, 1.807) is 0 Å². The van der Waals surface area contributed by atoms with Crippen LogP contribution in [-0.2, 0) is 11.3 Å². The van der Waals surface area contributed by atoms with Crippen LogP contribution in [0, 0.1) is 0 Å². The fourth-order valence-electron chi connectivity index (χ4n) is 2.54. The lowest BCUT2D eigenvalue weighted by molar-refractivity contribution is -0.00279. The van der Waals surface area contributed by atoms with E-state index in [9.17, 15) is 0 Å². The number of rotatable bonds is 7. The second kappa shape index (κ2) is 8.31. The Morgan fingerprint density at radius 1 is 1.11 bits per heavy atom. The molecule has 0 aromatic heterocycles. The number of nitrogens with zero attached hydrogens (tertiary/aromatic N) is 1. The number of aliphatic hydroxyl groups is 1. The highest BCUT2D eigenvalue weighted by Crippen LogP contribution is 2.16. The molecule has 1 heterocycles. The predicted octanol–water partition coefficient (Wildman–Crippen LogP) is 2.44. The molecular weight excluding hydrogens is 238 g/mol. The van der Waals surface area contributed by atoms with Gasteiger partial charge in [0.2, 0.25) is 0 Å². The van der Waals surface area contributed by atoms with Crippen molar-refractivity contribution in [3.8, 4) is 0 Å². The van der Waals surface area contributed by atoms with Gasteiger partial charge in [-0.1, -0.05) is 30.3 Å². The summed E-state index contributed by atoms with van der Waals surface area (Å²) in [7, 11) is 0. The maximum absolute atomic E-state index is 8.78. The van der Waals surface area contributed by atoms with Gasteiger partial charge >= 0.3 is 0 Å². The third-order valence-corrected chi connectivity index (χ3v) is 3.75. The van der Waals surface area contributed by atoms with Crippen LogP contribution >= 0.6 is 0 Å². The van der Waals surface area contributed by atoms with Gasteiger partial charge in [-0.25, -0.2) is 0 Å². The summed E-state index contributed by atoms with van der Waals surface area (Å²) in [5, 5.41) is 8.78. The van der Waals surface area contributed by atoms with Gasteiger partial charge in [0.1, 0.15) is 0 Å². The molecule has 1 aromatic rings. The summed E-state index contributed by atoms with van der Waals surface area (Å²) < 4.78 is 5.98. The molecule has 0 radical (unpaired) electrons. The van der Waals surface area contributed by atoms with Crippen molar-refractivity contribution in [1.82, 2.24) is 4.90 Å². The quantitative estimate of drug-likeness (QED) is 0.767. The minimum Gasteiger partial charge on any atom is -0.396 e. The van der Waals surface area contributed by atoms with Crippen LogP contribution in [-0.4, -0.2) is 42.4 Å². The lowest BCUT2D eigenvalue weighted by Crippen LogP contribution is -2.37. The Morgan fingerprint density at radius 3 is 2.53 bits per heavy atom. The van der Waals surface area contributed by atoms with Crippen LogP contribution < -0.4 is 0 Å². The van der Waals surface area contributed by atoms with Crippen molar-refractivity contribution in [2.24, 2.45) is 0 Å². The monoisotopic (exact) mass is 263 g/mol. The Balaban J connectivity index is 1.61. The van der Waals surface area contributed by atoms with Gasteiger partial charge in [-0.15, -0.1) is 0 Å². The van der Waals surface area contributed by atoms with E-state index in [-0.39, 0.29) is 0 Å². The summed E-state index contributed by atoms with van der Waals surface area (Å²) in [6, 6.07) is 10.4. The van der Waals surface area contributed by atoms with Crippen LogP contribution in [0.4, 0.5) is 0 Å². The number of hydrogen-bond acceptors (Lipinski definition) is 3. The number of aliphatic hydroxyl groups excluding tert-OH is 1. The first-order valence-electron chi connectivity index (χ1n) is 7.37. The van der Waals surface area contributed by atoms with Crippen molar-refractivity contribution in [2.45, 2.75) is 38.4 Å². The van der Waals surface area contributed by atoms with Crippen LogP contribution in [0.5, 0.6) is 0 Å². The minimum absolute atomic E-state index is 0.316. The highest BCUT2D eigenvalue weighted by molar-refractivity contribution is 5.13. The molecule has 3 heteroatoms. The Hall–Kier alpha value is -0.900. The molecule has 3 nitrogen and oxygen atoms in total. The zero-order valence-electron chi connectivity index (χ0n) is 11.6. The van der Waals surface area contributed by atoms with Crippen molar-refractivity contribution < 1.29 is 9.84 Å². The summed E-state index contributed by atoms with van der Waals surface area (Å²) in [5.74, 6) is 0. The number of likely N-dealkylation sites (tertiary alicyclic amines) is 1. The molecule has 0 aliphatic carbocycles. The Morgan fingerprint density at radius 2 is 1.84 bits per heavy atom. The highest BCUT2D eigenvalue weighted by Gasteiger charge is 2.19. The van der Waals surface area contributed by atoms with E-state index in [0.717, 1.165) is 51.9 Å². The van der Waals surface area contributed by atoms with E-state index < -0.39 is 0 Å². The lowest BCUT2D eigenvalue weighted by Gasteiger charge is -2.31. The molecule has 1 aromatic carbocycles. The molecule has 0 bridgehead atoms. The Labute approximate surface area is 116 Å². The number of ether oxygens (including phenoxy) is 1. The maximum Gasteiger partial charge on any atom is 0.0720 e. The van der Waals surface area contributed by atoms with E-state index in [1.165, 1.54) is 5.56 Å². The van der Waals surface area contributed by atoms with Crippen LogP contribution in [0.1, 0.15) is 31.2 Å². The molecule has 1 aliphatic heterocycles. The first-order valence-corrected chi connectivity index (χ1v) is 7.37. The Bertz CT molecular complexity index is 334. The molecule has 0 atom stereocenters. The van der Waals surface area contributed by atoms with Crippen molar-refractivity contribution in [1.29, 1.82) is 0 Å². The van der Waals surface area contributed by atoms with Gasteiger partial charge in [0.15, 0.2) is 0 Å². The first-order chi connectivity index (χ1) is 9.38. The normalized spacial score (nSPS) is 17.7. The average molecular weight is 263 g/mol. The number of benzene rings is 1. The largest absolute Gasteiger partial charge is 0.396 e. The molecule has 19 heavy (non-hydrogen) atoms. The van der Waals surface area contributed by atoms with Gasteiger partial charge in [-0.3, -0.25) is 0 Å². The summed E-state index contributed by atoms with van der Waals surface area (Å²) in [6.07, 6.45) is 4.70. The zero-order valence-corrected chi connectivity index (χ0v) is 11.6. The van der Waals surface area contributed by atoms with Crippen molar-refractivity contribution >= 4 is 0 Å². The second-order valence-electron chi connectivity index (χ2n) is 5.27. The average Bonchev–Trinajstić information content (AvgIpc) is 2.48. The van der Waals surface area contributed by atoms with E-state index in [1.807, 2.05) is 6.07 Å². The van der Waals surface area contributed by atoms with Crippen LogP contribution in [0.15, 0.2) is 30.3 Å². The van der Waals surface area contributed by atoms with E-state index in [0.29, 0.717) is 12.7 Å². The maximum atomic E-state index is 8.78. The number of hydrogen-bond donors (Lipinski definition) is 1. The second-order valence-corrected chi connectivity index (χ2v) is 5.27. The van der Waals surface area contributed by atoms with Crippen LogP contribution in [0.3, 0.4) is 0 Å². The molecule has 0 spiro atoms. The van der Waals surface area contributed by atoms with Crippen molar-refractivity contribution in [3.05, 3.63) is 35.9 Å². The summed E-state index contributed by atoms with van der Waals surface area (Å²) in [6.45, 7) is 4.43. The third kappa shape index (κ3) is 5.31. The molecule has 0 unspecified atom stereocenters. The standard InChI is InChI=1S/C16H25NO2/c18-13-5-4-10-17-11-8-16(9-12-17)19-14-15-6-2-1-3-7-15/h1-3,6-7,16,18H,4-5,8-14H2. The predicted molar refractivity (Wildman–Crippen MR) is 77.0 cm³/mol. The third-order valence-electron chi connectivity index (χ3n) is 3.75. The van der Waals surface area contributed by atoms with Gasteiger partial charge in [0.25, 0.3) is 0 Å². The van der Waals surface area contributed by atoms with Gasteiger partial charge in [-0.2, -0.15) is 0 Å². The fraction of sp³-hybridized carbons (Fsp3) is 0.625. The molecular formula is C16H25NO2. The van der Waals surface area contributed by atoms with Gasteiger partial charge in [0, 0.05) is 19.7 Å². The molecule has 1 aliphatic rings. The Kier molecular flexibility index (Phi) is 6.34. The highest BCUT2D eigenvalue weighted by atomic mass is 16.5. The zero-order chi connectivity index (χ0) is 13.3. The molecule has 1 saturated heterocycles. The van der Waals surface area contributed by atoms with Crippen molar-refractivity contribution in [2.75, 3.05) is 26.2 Å². The lowest BCUT2D eigenvalue weighted by atomic mass is 10.1. The van der Waals surface area contributed by atoms with E-state index in [2.05, 4.69) is 29.2 Å². The van der Waals surface area contributed by atoms with E-state index in [4.69, 9.17) is 9.84 Å². The van der Waals surface area contributed by atoms with E-state index >= 15 is 0 Å². The minimum atomic E-state index is 0.316. The molecule has 106 valence electrons. The molecule has 1 fully saturated rings. The number of piperidine rings is 1. The molecule has 0 amide bonds. The molecule has 0 saturated carbocycles. The first kappa shape index (κ1) is 14.5. The summed E-state index contributed by atoms with van der Waals surface area (Å²) in [5.41, 5.74) is 1.26. The smallest absolute Gasteiger partial charge is 0.0720 e. The van der Waals surface area contributed by atoms with Crippen LogP contribution in [0.2, 0.25) is 0 Å². The van der Waals surface area contributed by atoms with Crippen molar-refractivity contribution in [3.63, 3.8) is 0 Å². The van der Waals surface area contributed by atoms with Gasteiger partial charge in [-0.05, 0) is 37.8 Å². The van der Waals surface area contributed by atoms with Crippen LogP contribution in [0.25, 0.3) is 0 Å².